The molecule has 1 N–H and O–H groups in total. The number of amides is 1. The number of benzene rings is 2. The number of nitrogens with one attached hydrogen (secondary N) is 1. The molecule has 0 saturated heterocycles. The molecule has 0 radical (unpaired) electrons. The number of furan rings is 1. The van der Waals surface area contributed by atoms with E-state index in [1.165, 1.54) is 23.5 Å². The van der Waals surface area contributed by atoms with Crippen molar-refractivity contribution >= 4 is 17.2 Å². The number of hydrogen-bond donors (Lipinski definition) is 1. The van der Waals surface area contributed by atoms with Crippen molar-refractivity contribution in [3.63, 3.8) is 0 Å². The monoisotopic (exact) mass is 426 g/mol. The second-order valence-corrected chi connectivity index (χ2v) is 7.21. The number of ether oxygens (including phenoxy) is 1. The summed E-state index contributed by atoms with van der Waals surface area (Å²) in [7, 11) is 0. The van der Waals surface area contributed by atoms with E-state index in [1.807, 2.05) is 6.07 Å². The van der Waals surface area contributed by atoms with Crippen LogP contribution in [0.2, 0.25) is 0 Å². The van der Waals surface area contributed by atoms with Crippen LogP contribution in [0.4, 0.5) is 8.78 Å². The summed E-state index contributed by atoms with van der Waals surface area (Å²) in [6.07, 6.45) is 1.54. The van der Waals surface area contributed by atoms with Gasteiger partial charge in [-0.3, -0.25) is 4.79 Å². The minimum absolute atomic E-state index is 0.0339. The van der Waals surface area contributed by atoms with Crippen molar-refractivity contribution in [2.75, 3.05) is 0 Å². The lowest BCUT2D eigenvalue weighted by Crippen LogP contribution is -2.22. The predicted octanol–water partition coefficient (Wildman–Crippen LogP) is 5.19. The van der Waals surface area contributed by atoms with Crippen LogP contribution in [0.15, 0.2) is 70.7 Å². The summed E-state index contributed by atoms with van der Waals surface area (Å²) in [5, 5.41) is 5.07. The zero-order chi connectivity index (χ0) is 20.9. The maximum atomic E-state index is 13.8. The van der Waals surface area contributed by atoms with Crippen LogP contribution in [-0.4, -0.2) is 10.9 Å². The van der Waals surface area contributed by atoms with Crippen molar-refractivity contribution in [2.24, 2.45) is 0 Å². The smallest absolute Gasteiger partial charge is 0.271 e. The van der Waals surface area contributed by atoms with Crippen molar-refractivity contribution in [1.29, 1.82) is 0 Å². The number of rotatable bonds is 7. The number of thiazole rings is 1. The predicted molar refractivity (Wildman–Crippen MR) is 108 cm³/mol. The first kappa shape index (κ1) is 19.8. The average molecular weight is 426 g/mol. The zero-order valence-corrected chi connectivity index (χ0v) is 16.4. The van der Waals surface area contributed by atoms with Gasteiger partial charge >= 0.3 is 0 Å². The molecule has 0 aliphatic rings. The van der Waals surface area contributed by atoms with Gasteiger partial charge in [0, 0.05) is 22.6 Å². The van der Waals surface area contributed by atoms with Gasteiger partial charge in [-0.05, 0) is 36.4 Å². The second kappa shape index (κ2) is 8.87. The topological polar surface area (TPSA) is 64.4 Å². The van der Waals surface area contributed by atoms with E-state index in [-0.39, 0.29) is 24.6 Å². The van der Waals surface area contributed by atoms with E-state index in [0.29, 0.717) is 22.2 Å². The van der Waals surface area contributed by atoms with E-state index < -0.39 is 11.6 Å². The van der Waals surface area contributed by atoms with Crippen LogP contribution in [0, 0.1) is 11.6 Å². The van der Waals surface area contributed by atoms with Gasteiger partial charge in [0.2, 0.25) is 0 Å². The van der Waals surface area contributed by atoms with Crippen LogP contribution in [-0.2, 0) is 13.2 Å². The lowest BCUT2D eigenvalue weighted by Gasteiger charge is -2.08. The number of halogens is 2. The number of aromatic nitrogens is 1. The fourth-order valence-corrected chi connectivity index (χ4v) is 3.50. The summed E-state index contributed by atoms with van der Waals surface area (Å²) in [5.74, 6) is -0.424. The molecular formula is C22H16F2N2O3S. The van der Waals surface area contributed by atoms with E-state index in [0.717, 1.165) is 11.6 Å². The first-order valence-electron chi connectivity index (χ1n) is 9.02. The van der Waals surface area contributed by atoms with E-state index in [9.17, 15) is 13.6 Å². The standard InChI is InChI=1S/C22H16F2N2O3S/c23-16-7-6-15(19(24)10-16)12-29-17-4-1-3-14(9-17)22-26-20(13-30-22)21(27)25-11-18-5-2-8-28-18/h1-10,13H,11-12H2,(H,25,27). The SMILES string of the molecule is O=C(NCc1ccco1)c1csc(-c2cccc(OCc3ccc(F)cc3F)c2)n1. The van der Waals surface area contributed by atoms with Gasteiger partial charge in [-0.25, -0.2) is 13.8 Å². The van der Waals surface area contributed by atoms with Crippen molar-refractivity contribution < 1.29 is 22.7 Å². The normalized spacial score (nSPS) is 10.7. The highest BCUT2D eigenvalue weighted by Crippen LogP contribution is 2.27. The first-order valence-corrected chi connectivity index (χ1v) is 9.90. The highest BCUT2D eigenvalue weighted by molar-refractivity contribution is 7.13. The molecule has 2 heterocycles. The summed E-state index contributed by atoms with van der Waals surface area (Å²) < 4.78 is 37.6. The van der Waals surface area contributed by atoms with Crippen LogP contribution in [0.3, 0.4) is 0 Å². The molecule has 2 aromatic carbocycles. The number of carbonyl (C=O) groups excluding carboxylic acids is 1. The van der Waals surface area contributed by atoms with Crippen molar-refractivity contribution in [2.45, 2.75) is 13.2 Å². The molecule has 0 bridgehead atoms. The molecule has 0 unspecified atom stereocenters. The van der Waals surface area contributed by atoms with Crippen molar-refractivity contribution in [1.82, 2.24) is 10.3 Å². The van der Waals surface area contributed by atoms with Gasteiger partial charge in [0.25, 0.3) is 5.91 Å². The highest BCUT2D eigenvalue weighted by atomic mass is 32.1. The third-order valence-corrected chi connectivity index (χ3v) is 5.12. The highest BCUT2D eigenvalue weighted by Gasteiger charge is 2.13. The molecule has 2 aromatic heterocycles. The minimum Gasteiger partial charge on any atom is -0.489 e. The third kappa shape index (κ3) is 4.72. The quantitative estimate of drug-likeness (QED) is 0.442. The van der Waals surface area contributed by atoms with E-state index in [4.69, 9.17) is 9.15 Å². The van der Waals surface area contributed by atoms with Crippen molar-refractivity contribution in [3.8, 4) is 16.3 Å². The van der Waals surface area contributed by atoms with Gasteiger partial charge < -0.3 is 14.5 Å². The Morgan fingerprint density at radius 1 is 1.13 bits per heavy atom. The van der Waals surface area contributed by atoms with Gasteiger partial charge in [0.15, 0.2) is 0 Å². The Bertz CT molecular complexity index is 1160. The average Bonchev–Trinajstić information content (AvgIpc) is 3.44. The fraction of sp³-hybridized carbons (Fsp3) is 0.0909. The Kier molecular flexibility index (Phi) is 5.85. The first-order chi connectivity index (χ1) is 14.6. The Balaban J connectivity index is 1.41. The van der Waals surface area contributed by atoms with E-state index >= 15 is 0 Å². The lowest BCUT2D eigenvalue weighted by molar-refractivity contribution is 0.0944. The third-order valence-electron chi connectivity index (χ3n) is 4.23. The number of nitrogens with zero attached hydrogens (tertiary/aromatic N) is 1. The number of hydrogen-bond acceptors (Lipinski definition) is 5. The van der Waals surface area contributed by atoms with Crippen LogP contribution in [0.1, 0.15) is 21.8 Å². The van der Waals surface area contributed by atoms with Gasteiger partial charge in [-0.15, -0.1) is 11.3 Å². The molecular weight excluding hydrogens is 410 g/mol. The van der Waals surface area contributed by atoms with Crippen LogP contribution >= 0.6 is 11.3 Å². The van der Waals surface area contributed by atoms with Gasteiger partial charge in [0.1, 0.15) is 40.5 Å². The molecule has 0 aliphatic carbocycles. The zero-order valence-electron chi connectivity index (χ0n) is 15.6. The van der Waals surface area contributed by atoms with Crippen molar-refractivity contribution in [3.05, 3.63) is 94.9 Å². The van der Waals surface area contributed by atoms with E-state index in [2.05, 4.69) is 10.3 Å². The maximum Gasteiger partial charge on any atom is 0.271 e. The molecule has 152 valence electrons. The van der Waals surface area contributed by atoms with Gasteiger partial charge in [-0.1, -0.05) is 12.1 Å². The molecule has 0 spiro atoms. The molecule has 30 heavy (non-hydrogen) atoms. The van der Waals surface area contributed by atoms with Gasteiger partial charge in [-0.2, -0.15) is 0 Å². The molecule has 0 saturated carbocycles. The summed E-state index contributed by atoms with van der Waals surface area (Å²) in [6, 6.07) is 14.0. The Morgan fingerprint density at radius 3 is 2.83 bits per heavy atom. The molecule has 0 fully saturated rings. The molecule has 4 aromatic rings. The largest absolute Gasteiger partial charge is 0.489 e. The van der Waals surface area contributed by atoms with E-state index in [1.54, 1.807) is 42.0 Å². The maximum absolute atomic E-state index is 13.8. The lowest BCUT2D eigenvalue weighted by atomic mass is 10.2. The van der Waals surface area contributed by atoms with Crippen LogP contribution in [0.5, 0.6) is 5.75 Å². The molecule has 5 nitrogen and oxygen atoms in total. The summed E-state index contributed by atoms with van der Waals surface area (Å²) in [4.78, 5) is 16.7. The van der Waals surface area contributed by atoms with Crippen LogP contribution < -0.4 is 10.1 Å². The summed E-state index contributed by atoms with van der Waals surface area (Å²) >= 11 is 1.33. The molecule has 8 heteroatoms. The fourth-order valence-electron chi connectivity index (χ4n) is 2.70. The Labute approximate surface area is 175 Å². The van der Waals surface area contributed by atoms with Crippen LogP contribution in [0.25, 0.3) is 10.6 Å². The molecule has 1 amide bonds. The summed E-state index contributed by atoms with van der Waals surface area (Å²) in [5.41, 5.74) is 1.33. The summed E-state index contributed by atoms with van der Waals surface area (Å²) in [6.45, 7) is 0.246. The molecule has 0 atom stereocenters. The molecule has 4 rings (SSSR count). The minimum atomic E-state index is -0.656. The second-order valence-electron chi connectivity index (χ2n) is 6.35. The Morgan fingerprint density at radius 2 is 2.03 bits per heavy atom. The molecule has 0 aliphatic heterocycles. The van der Waals surface area contributed by atoms with Gasteiger partial charge in [0.05, 0.1) is 12.8 Å². The Hall–Kier alpha value is -3.52. The number of carbonyl (C=O) groups is 1.